The number of aromatic nitrogens is 1. The fraction of sp³-hybridized carbons (Fsp3) is 0.400. The zero-order valence-corrected chi connectivity index (χ0v) is 8.32. The molecular formula is C10H14N2O2. The summed E-state index contributed by atoms with van der Waals surface area (Å²) < 4.78 is 0. The van der Waals surface area contributed by atoms with E-state index in [1.807, 2.05) is 0 Å². The standard InChI is InChI=1S/C10H14N2O2/c1-7(2)3-8-4-9(6-11-5-8)12-10(13)14/h4-7,12H,3H2,1-2H3,(H,13,14). The maximum absolute atomic E-state index is 10.4. The van der Waals surface area contributed by atoms with Crippen LogP contribution in [0.15, 0.2) is 18.5 Å². The highest BCUT2D eigenvalue weighted by molar-refractivity contribution is 5.82. The third-order valence-electron chi connectivity index (χ3n) is 1.69. The molecule has 76 valence electrons. The lowest BCUT2D eigenvalue weighted by Crippen LogP contribution is -2.08. The first-order chi connectivity index (χ1) is 6.58. The second-order valence-corrected chi connectivity index (χ2v) is 3.61. The van der Waals surface area contributed by atoms with E-state index in [1.165, 1.54) is 6.20 Å². The summed E-state index contributed by atoms with van der Waals surface area (Å²) in [5.74, 6) is 0.539. The van der Waals surface area contributed by atoms with Crippen LogP contribution in [0.25, 0.3) is 0 Å². The molecule has 1 heterocycles. The highest BCUT2D eigenvalue weighted by atomic mass is 16.4. The van der Waals surface area contributed by atoms with Gasteiger partial charge in [0.15, 0.2) is 0 Å². The second kappa shape index (κ2) is 4.60. The van der Waals surface area contributed by atoms with E-state index in [4.69, 9.17) is 5.11 Å². The number of amides is 1. The molecule has 0 aliphatic rings. The first kappa shape index (κ1) is 10.5. The van der Waals surface area contributed by atoms with Crippen LogP contribution < -0.4 is 5.32 Å². The average molecular weight is 194 g/mol. The van der Waals surface area contributed by atoms with Crippen LogP contribution in [0.1, 0.15) is 19.4 Å². The Kier molecular flexibility index (Phi) is 3.45. The molecule has 2 N–H and O–H groups in total. The van der Waals surface area contributed by atoms with E-state index in [-0.39, 0.29) is 0 Å². The lowest BCUT2D eigenvalue weighted by molar-refractivity contribution is 0.209. The molecule has 4 heteroatoms. The lowest BCUT2D eigenvalue weighted by Gasteiger charge is -2.06. The predicted octanol–water partition coefficient (Wildman–Crippen LogP) is 2.37. The van der Waals surface area contributed by atoms with Gasteiger partial charge in [0.25, 0.3) is 0 Å². The molecule has 0 fully saturated rings. The van der Waals surface area contributed by atoms with Gasteiger partial charge in [-0.3, -0.25) is 10.3 Å². The van der Waals surface area contributed by atoms with E-state index in [1.54, 1.807) is 12.3 Å². The van der Waals surface area contributed by atoms with E-state index < -0.39 is 6.09 Å². The van der Waals surface area contributed by atoms with Gasteiger partial charge in [-0.05, 0) is 24.0 Å². The summed E-state index contributed by atoms with van der Waals surface area (Å²) in [6, 6.07) is 1.81. The summed E-state index contributed by atoms with van der Waals surface area (Å²) >= 11 is 0. The van der Waals surface area contributed by atoms with Crippen LogP contribution in [-0.2, 0) is 6.42 Å². The number of nitrogens with zero attached hydrogens (tertiary/aromatic N) is 1. The van der Waals surface area contributed by atoms with Crippen molar-refractivity contribution in [2.75, 3.05) is 5.32 Å². The molecule has 0 atom stereocenters. The quantitative estimate of drug-likeness (QED) is 0.776. The molecule has 14 heavy (non-hydrogen) atoms. The maximum Gasteiger partial charge on any atom is 0.409 e. The van der Waals surface area contributed by atoms with Crippen molar-refractivity contribution in [2.45, 2.75) is 20.3 Å². The number of hydrogen-bond donors (Lipinski definition) is 2. The van der Waals surface area contributed by atoms with Gasteiger partial charge >= 0.3 is 6.09 Å². The van der Waals surface area contributed by atoms with Crippen molar-refractivity contribution in [1.82, 2.24) is 4.98 Å². The Morgan fingerprint density at radius 1 is 1.57 bits per heavy atom. The Bertz CT molecular complexity index is 324. The third kappa shape index (κ3) is 3.43. The highest BCUT2D eigenvalue weighted by Gasteiger charge is 2.01. The molecule has 0 unspecified atom stereocenters. The minimum absolute atomic E-state index is 0.524. The number of nitrogens with one attached hydrogen (secondary N) is 1. The van der Waals surface area contributed by atoms with Crippen LogP contribution >= 0.6 is 0 Å². The number of carbonyl (C=O) groups is 1. The Labute approximate surface area is 83.0 Å². The Morgan fingerprint density at radius 3 is 2.86 bits per heavy atom. The summed E-state index contributed by atoms with van der Waals surface area (Å²) in [6.45, 7) is 4.22. The number of pyridine rings is 1. The molecule has 0 aliphatic heterocycles. The van der Waals surface area contributed by atoms with E-state index in [0.29, 0.717) is 11.6 Å². The lowest BCUT2D eigenvalue weighted by atomic mass is 10.0. The minimum Gasteiger partial charge on any atom is -0.465 e. The summed E-state index contributed by atoms with van der Waals surface area (Å²) in [5.41, 5.74) is 1.57. The SMILES string of the molecule is CC(C)Cc1cncc(NC(=O)O)c1. The first-order valence-electron chi connectivity index (χ1n) is 4.52. The smallest absolute Gasteiger partial charge is 0.409 e. The topological polar surface area (TPSA) is 62.2 Å². The Morgan fingerprint density at radius 2 is 2.29 bits per heavy atom. The van der Waals surface area contributed by atoms with E-state index in [2.05, 4.69) is 24.1 Å². The molecule has 0 aliphatic carbocycles. The van der Waals surface area contributed by atoms with Crippen molar-refractivity contribution in [3.05, 3.63) is 24.0 Å². The molecule has 1 aromatic heterocycles. The van der Waals surface area contributed by atoms with Gasteiger partial charge in [0.2, 0.25) is 0 Å². The summed E-state index contributed by atoms with van der Waals surface area (Å²) in [5, 5.41) is 10.8. The molecule has 1 amide bonds. The van der Waals surface area contributed by atoms with Crippen molar-refractivity contribution >= 4 is 11.8 Å². The van der Waals surface area contributed by atoms with Gasteiger partial charge in [-0.2, -0.15) is 0 Å². The van der Waals surface area contributed by atoms with Crippen molar-refractivity contribution < 1.29 is 9.90 Å². The number of carboxylic acid groups (broad SMARTS) is 1. The number of anilines is 1. The molecule has 0 radical (unpaired) electrons. The fourth-order valence-corrected chi connectivity index (χ4v) is 1.26. The molecule has 0 saturated heterocycles. The van der Waals surface area contributed by atoms with E-state index >= 15 is 0 Å². The van der Waals surface area contributed by atoms with Crippen LogP contribution in [-0.4, -0.2) is 16.2 Å². The van der Waals surface area contributed by atoms with Gasteiger partial charge in [-0.15, -0.1) is 0 Å². The molecule has 1 aromatic rings. The summed E-state index contributed by atoms with van der Waals surface area (Å²) in [6.07, 6.45) is 3.10. The maximum atomic E-state index is 10.4. The van der Waals surface area contributed by atoms with E-state index in [0.717, 1.165) is 12.0 Å². The van der Waals surface area contributed by atoms with Crippen LogP contribution in [0.3, 0.4) is 0 Å². The highest BCUT2D eigenvalue weighted by Crippen LogP contribution is 2.12. The molecule has 1 rings (SSSR count). The summed E-state index contributed by atoms with van der Waals surface area (Å²) in [7, 11) is 0. The Balaban J connectivity index is 2.73. The minimum atomic E-state index is -1.06. The predicted molar refractivity (Wildman–Crippen MR) is 54.4 cm³/mol. The van der Waals surface area contributed by atoms with Gasteiger partial charge in [0, 0.05) is 6.20 Å². The van der Waals surface area contributed by atoms with Crippen molar-refractivity contribution in [3.63, 3.8) is 0 Å². The zero-order valence-electron chi connectivity index (χ0n) is 8.32. The van der Waals surface area contributed by atoms with Crippen molar-refractivity contribution in [3.8, 4) is 0 Å². The van der Waals surface area contributed by atoms with Crippen molar-refractivity contribution in [2.24, 2.45) is 5.92 Å². The van der Waals surface area contributed by atoms with Gasteiger partial charge in [-0.25, -0.2) is 4.79 Å². The van der Waals surface area contributed by atoms with Gasteiger partial charge < -0.3 is 5.11 Å². The van der Waals surface area contributed by atoms with Gasteiger partial charge in [0.1, 0.15) is 0 Å². The molecule has 0 saturated carbocycles. The molecule has 0 spiro atoms. The molecular weight excluding hydrogens is 180 g/mol. The molecule has 0 aromatic carbocycles. The normalized spacial score (nSPS) is 10.2. The summed E-state index contributed by atoms with van der Waals surface area (Å²) in [4.78, 5) is 14.3. The first-order valence-corrected chi connectivity index (χ1v) is 4.52. The third-order valence-corrected chi connectivity index (χ3v) is 1.69. The van der Waals surface area contributed by atoms with Crippen LogP contribution in [0.5, 0.6) is 0 Å². The van der Waals surface area contributed by atoms with Gasteiger partial charge in [-0.1, -0.05) is 13.8 Å². The van der Waals surface area contributed by atoms with Crippen LogP contribution in [0.4, 0.5) is 10.5 Å². The van der Waals surface area contributed by atoms with Gasteiger partial charge in [0.05, 0.1) is 11.9 Å². The monoisotopic (exact) mass is 194 g/mol. The number of rotatable bonds is 3. The average Bonchev–Trinajstić information content (AvgIpc) is 2.01. The zero-order chi connectivity index (χ0) is 10.6. The van der Waals surface area contributed by atoms with Crippen LogP contribution in [0, 0.1) is 5.92 Å². The second-order valence-electron chi connectivity index (χ2n) is 3.61. The largest absolute Gasteiger partial charge is 0.465 e. The molecule has 4 nitrogen and oxygen atoms in total. The van der Waals surface area contributed by atoms with E-state index in [9.17, 15) is 4.79 Å². The number of hydrogen-bond acceptors (Lipinski definition) is 2. The van der Waals surface area contributed by atoms with Crippen molar-refractivity contribution in [1.29, 1.82) is 0 Å². The fourth-order valence-electron chi connectivity index (χ4n) is 1.26. The molecule has 0 bridgehead atoms. The Hall–Kier alpha value is -1.58. The van der Waals surface area contributed by atoms with Crippen LogP contribution in [0.2, 0.25) is 0 Å².